The number of amides is 1. The topological polar surface area (TPSA) is 249 Å². The highest BCUT2D eigenvalue weighted by molar-refractivity contribution is 7.86. The van der Waals surface area contributed by atoms with Crippen LogP contribution >= 0.6 is 0 Å². The quantitative estimate of drug-likeness (QED) is 0.0813. The van der Waals surface area contributed by atoms with Gasteiger partial charge in [-0.25, -0.2) is 0 Å². The van der Waals surface area contributed by atoms with Gasteiger partial charge >= 0.3 is 0 Å². The van der Waals surface area contributed by atoms with Crippen LogP contribution in [0.4, 0.5) is 17.1 Å². The third kappa shape index (κ3) is 6.96. The Bertz CT molecular complexity index is 2130. The molecule has 6 N–H and O–H groups in total. The first-order chi connectivity index (χ1) is 20.0. The van der Waals surface area contributed by atoms with Crippen LogP contribution in [0.15, 0.2) is 79.5 Å². The van der Waals surface area contributed by atoms with Crippen LogP contribution in [-0.2, 0) is 35.1 Å². The smallest absolute Gasteiger partial charge is 0.297 e. The van der Waals surface area contributed by atoms with Gasteiger partial charge in [-0.05, 0) is 48.0 Å². The van der Waals surface area contributed by atoms with Crippen molar-refractivity contribution in [2.75, 3.05) is 18.4 Å². The van der Waals surface area contributed by atoms with Crippen molar-refractivity contribution in [1.29, 1.82) is 0 Å². The van der Waals surface area contributed by atoms with Crippen LogP contribution in [0.1, 0.15) is 13.3 Å². The van der Waals surface area contributed by atoms with Crippen molar-refractivity contribution >= 4 is 74.9 Å². The molecule has 0 fully saturated rings. The number of hydrogen-bond donors (Lipinski definition) is 6. The summed E-state index contributed by atoms with van der Waals surface area (Å²) in [6.07, 6.45) is 0.693. The average Bonchev–Trinajstić information content (AvgIpc) is 2.90. The van der Waals surface area contributed by atoms with Gasteiger partial charge in [0.1, 0.15) is 21.2 Å². The molecule has 0 aliphatic heterocycles. The standard InChI is InChI=1S/C25H24N4O11S3/c1-2-9-26-13-21(30)27-19-12-16(41(32,33)34)10-15-11-20(42(35,36)37)23(24(31)22(15)19)29-28-18-8-7-14-5-3-4-6-17(14)25(18)43(38,39)40/h3-8,10-12,26,31H,2,9,13H2,1H3,(H,27,30)(H,32,33,34)(H,35,36,37)(H,38,39,40). The summed E-state index contributed by atoms with van der Waals surface area (Å²) in [5, 5.41) is 23.6. The van der Waals surface area contributed by atoms with Gasteiger partial charge in [0.05, 0.1) is 17.1 Å². The third-order valence-corrected chi connectivity index (χ3v) is 8.70. The number of carbonyl (C=O) groups excluding carboxylic acids is 1. The van der Waals surface area contributed by atoms with Gasteiger partial charge < -0.3 is 15.7 Å². The minimum absolute atomic E-state index is 0.0543. The Morgan fingerprint density at radius 2 is 1.53 bits per heavy atom. The van der Waals surface area contributed by atoms with Crippen LogP contribution in [0.2, 0.25) is 0 Å². The first-order valence-corrected chi connectivity index (χ1v) is 16.5. The SMILES string of the molecule is CCCNCC(=O)Nc1cc(S(=O)(=O)O)cc2cc(S(=O)(=O)O)c(N=Nc3ccc4ccccc4c3S(=O)(=O)O)c(O)c12. The number of anilines is 1. The Morgan fingerprint density at radius 1 is 0.837 bits per heavy atom. The van der Waals surface area contributed by atoms with Crippen molar-refractivity contribution in [3.8, 4) is 5.75 Å². The molecule has 228 valence electrons. The van der Waals surface area contributed by atoms with Gasteiger partial charge in [0.2, 0.25) is 5.91 Å². The van der Waals surface area contributed by atoms with E-state index < -0.39 is 68.1 Å². The molecular formula is C25H24N4O11S3. The fraction of sp³-hybridized carbons (Fsp3) is 0.160. The molecule has 0 bridgehead atoms. The summed E-state index contributed by atoms with van der Waals surface area (Å²) in [6.45, 7) is 2.08. The lowest BCUT2D eigenvalue weighted by molar-refractivity contribution is -0.115. The number of benzene rings is 4. The van der Waals surface area contributed by atoms with Gasteiger partial charge in [0.25, 0.3) is 30.4 Å². The zero-order chi connectivity index (χ0) is 31.7. The molecule has 0 heterocycles. The van der Waals surface area contributed by atoms with Crippen LogP contribution < -0.4 is 10.6 Å². The maximum Gasteiger partial charge on any atom is 0.297 e. The second-order valence-corrected chi connectivity index (χ2v) is 13.3. The van der Waals surface area contributed by atoms with Gasteiger partial charge in [-0.3, -0.25) is 18.5 Å². The molecule has 15 nitrogen and oxygen atoms in total. The maximum absolute atomic E-state index is 12.5. The van der Waals surface area contributed by atoms with Crippen LogP contribution in [0.3, 0.4) is 0 Å². The number of carbonyl (C=O) groups is 1. The molecule has 4 rings (SSSR count). The molecule has 1 amide bonds. The number of phenols is 1. The van der Waals surface area contributed by atoms with E-state index in [1.165, 1.54) is 18.2 Å². The van der Waals surface area contributed by atoms with Crippen molar-refractivity contribution in [3.63, 3.8) is 0 Å². The average molecular weight is 653 g/mol. The first kappa shape index (κ1) is 31.9. The van der Waals surface area contributed by atoms with Gasteiger partial charge in [-0.15, -0.1) is 10.2 Å². The number of nitrogens with zero attached hydrogens (tertiary/aromatic N) is 2. The van der Waals surface area contributed by atoms with Crippen molar-refractivity contribution in [2.24, 2.45) is 10.2 Å². The monoisotopic (exact) mass is 652 g/mol. The van der Waals surface area contributed by atoms with E-state index in [9.17, 15) is 48.8 Å². The number of azo groups is 1. The minimum atomic E-state index is -5.21. The highest BCUT2D eigenvalue weighted by Crippen LogP contribution is 2.45. The van der Waals surface area contributed by atoms with Gasteiger partial charge in [-0.2, -0.15) is 25.3 Å². The number of nitrogens with one attached hydrogen (secondary N) is 2. The normalized spacial score (nSPS) is 12.7. The Labute approximate surface area is 245 Å². The Morgan fingerprint density at radius 3 is 2.16 bits per heavy atom. The van der Waals surface area contributed by atoms with Gasteiger partial charge in [0, 0.05) is 10.8 Å². The van der Waals surface area contributed by atoms with E-state index in [4.69, 9.17) is 0 Å². The molecule has 0 aromatic heterocycles. The molecule has 4 aromatic rings. The van der Waals surface area contributed by atoms with Crippen LogP contribution in [-0.4, -0.2) is 63.0 Å². The van der Waals surface area contributed by atoms with Crippen molar-refractivity contribution in [1.82, 2.24) is 5.32 Å². The van der Waals surface area contributed by atoms with Crippen LogP contribution in [0.25, 0.3) is 21.5 Å². The lowest BCUT2D eigenvalue weighted by Crippen LogP contribution is -2.28. The zero-order valence-corrected chi connectivity index (χ0v) is 24.5. The van der Waals surface area contributed by atoms with E-state index in [0.29, 0.717) is 24.4 Å². The summed E-state index contributed by atoms with van der Waals surface area (Å²) in [7, 11) is -15.0. The third-order valence-electron chi connectivity index (χ3n) is 6.06. The largest absolute Gasteiger partial charge is 0.505 e. The molecule has 0 radical (unpaired) electrons. The molecule has 0 atom stereocenters. The zero-order valence-electron chi connectivity index (χ0n) is 22.1. The number of phenolic OH excluding ortho intramolecular Hbond substituents is 1. The van der Waals surface area contributed by atoms with Gasteiger partial charge in [0.15, 0.2) is 5.75 Å². The summed E-state index contributed by atoms with van der Waals surface area (Å²) in [6, 6.07) is 11.0. The molecule has 0 spiro atoms. The fourth-order valence-corrected chi connectivity index (χ4v) is 6.30. The molecule has 18 heteroatoms. The Balaban J connectivity index is 2.01. The van der Waals surface area contributed by atoms with E-state index in [2.05, 4.69) is 20.9 Å². The number of fused-ring (bicyclic) bond motifs is 2. The van der Waals surface area contributed by atoms with E-state index >= 15 is 0 Å². The molecule has 0 unspecified atom stereocenters. The second-order valence-electron chi connectivity index (χ2n) is 9.13. The molecular weight excluding hydrogens is 628 g/mol. The summed E-state index contributed by atoms with van der Waals surface area (Å²) in [4.78, 5) is 10.0. The van der Waals surface area contributed by atoms with Crippen LogP contribution in [0, 0.1) is 0 Å². The summed E-state index contributed by atoms with van der Waals surface area (Å²) < 4.78 is 102. The number of aromatic hydroxyl groups is 1. The molecule has 0 saturated carbocycles. The summed E-state index contributed by atoms with van der Waals surface area (Å²) >= 11 is 0. The van der Waals surface area contributed by atoms with Crippen LogP contribution in [0.5, 0.6) is 5.75 Å². The molecule has 0 aliphatic carbocycles. The van der Waals surface area contributed by atoms with Crippen molar-refractivity contribution < 1.29 is 48.8 Å². The predicted octanol–water partition coefficient (Wildman–Crippen LogP) is 3.79. The number of hydrogen-bond acceptors (Lipinski definition) is 11. The lowest BCUT2D eigenvalue weighted by atomic mass is 10.1. The summed E-state index contributed by atoms with van der Waals surface area (Å²) in [5.74, 6) is -1.71. The first-order valence-electron chi connectivity index (χ1n) is 12.2. The number of rotatable bonds is 10. The molecule has 0 saturated heterocycles. The molecule has 0 aliphatic rings. The van der Waals surface area contributed by atoms with Gasteiger partial charge in [-0.1, -0.05) is 37.3 Å². The molecule has 43 heavy (non-hydrogen) atoms. The van der Waals surface area contributed by atoms with Crippen molar-refractivity contribution in [2.45, 2.75) is 28.0 Å². The van der Waals surface area contributed by atoms with E-state index in [1.54, 1.807) is 12.1 Å². The molecule has 4 aromatic carbocycles. The predicted molar refractivity (Wildman–Crippen MR) is 155 cm³/mol. The van der Waals surface area contributed by atoms with Crippen molar-refractivity contribution in [3.05, 3.63) is 54.6 Å². The highest BCUT2D eigenvalue weighted by Gasteiger charge is 2.26. The second kappa shape index (κ2) is 11.9. The van der Waals surface area contributed by atoms with E-state index in [0.717, 1.165) is 18.2 Å². The lowest BCUT2D eigenvalue weighted by Gasteiger charge is -2.15. The highest BCUT2D eigenvalue weighted by atomic mass is 32.2. The minimum Gasteiger partial charge on any atom is -0.505 e. The maximum atomic E-state index is 12.5. The summed E-state index contributed by atoms with van der Waals surface area (Å²) in [5.41, 5.74) is -1.75. The van der Waals surface area contributed by atoms with E-state index in [1.807, 2.05) is 6.92 Å². The van der Waals surface area contributed by atoms with E-state index in [-0.39, 0.29) is 28.4 Å². The Hall–Kier alpha value is -4.04. The fourth-order valence-electron chi connectivity index (χ4n) is 4.26. The Kier molecular flexibility index (Phi) is 8.84.